The molecule has 1 aromatic rings. The van der Waals surface area contributed by atoms with Crippen LogP contribution in [0.1, 0.15) is 0 Å². The predicted octanol–water partition coefficient (Wildman–Crippen LogP) is 0.759. The largest absolute Gasteiger partial charge is 0.484 e. The minimum Gasteiger partial charge on any atom is -0.484 e. The molecule has 2 N–H and O–H groups in total. The Hall–Kier alpha value is -1.58. The molecule has 0 aliphatic carbocycles. The average Bonchev–Trinajstić information content (AvgIpc) is 2.04. The van der Waals surface area contributed by atoms with E-state index in [9.17, 15) is 0 Å². The molecule has 0 fully saturated rings. The van der Waals surface area contributed by atoms with E-state index in [1.807, 2.05) is 0 Å². The van der Waals surface area contributed by atoms with Crippen LogP contribution in [0.5, 0.6) is 5.75 Å². The molecule has 0 amide bonds. The summed E-state index contributed by atoms with van der Waals surface area (Å²) >= 11 is 0. The predicted molar refractivity (Wildman–Crippen MR) is 42.3 cm³/mol. The third-order valence-electron chi connectivity index (χ3n) is 1.38. The fourth-order valence-electron chi connectivity index (χ4n) is 0.906. The van der Waals surface area contributed by atoms with Gasteiger partial charge >= 0.3 is 0 Å². The first-order chi connectivity index (χ1) is 5.36. The van der Waals surface area contributed by atoms with Crippen LogP contribution in [-0.2, 0) is 0 Å². The van der Waals surface area contributed by atoms with Gasteiger partial charge in [-0.25, -0.2) is 9.98 Å². The van der Waals surface area contributed by atoms with Crippen LogP contribution in [-0.4, -0.2) is 17.8 Å². The van der Waals surface area contributed by atoms with Crippen molar-refractivity contribution in [2.45, 2.75) is 0 Å². The molecule has 1 aliphatic heterocycles. The van der Waals surface area contributed by atoms with E-state index in [-0.39, 0.29) is 0 Å². The van der Waals surface area contributed by atoms with Gasteiger partial charge in [0.2, 0.25) is 0 Å². The Labute approximate surface area is 63.7 Å². The number of hydrogen-bond acceptors (Lipinski definition) is 4. The number of fused-ring (bicyclic) bond motifs is 1. The maximum Gasteiger partial charge on any atom is 0.194 e. The lowest BCUT2D eigenvalue weighted by atomic mass is 10.3. The fraction of sp³-hybridized carbons (Fsp3) is 0.143. The first-order valence-corrected chi connectivity index (χ1v) is 3.27. The van der Waals surface area contributed by atoms with E-state index in [4.69, 9.17) is 10.5 Å². The van der Waals surface area contributed by atoms with E-state index >= 15 is 0 Å². The van der Waals surface area contributed by atoms with Gasteiger partial charge in [0, 0.05) is 12.3 Å². The molecule has 0 bridgehead atoms. The van der Waals surface area contributed by atoms with Crippen LogP contribution in [0.25, 0.3) is 0 Å². The number of ether oxygens (including phenoxy) is 1. The standard InChI is InChI=1S/C7H7N3O/c8-5-3-6-7(10-4-5)9-1-2-11-6/h1,3-4H,2,8H2. The molecule has 0 aromatic carbocycles. The first kappa shape index (κ1) is 6.15. The molecular weight excluding hydrogens is 142 g/mol. The summed E-state index contributed by atoms with van der Waals surface area (Å²) < 4.78 is 5.21. The van der Waals surface area contributed by atoms with Crippen molar-refractivity contribution in [1.82, 2.24) is 4.98 Å². The molecule has 1 aliphatic rings. The van der Waals surface area contributed by atoms with Crippen LogP contribution in [0.3, 0.4) is 0 Å². The van der Waals surface area contributed by atoms with Crippen molar-refractivity contribution in [3.63, 3.8) is 0 Å². The lowest BCUT2D eigenvalue weighted by Gasteiger charge is -2.09. The molecule has 0 radical (unpaired) electrons. The van der Waals surface area contributed by atoms with Gasteiger partial charge in [-0.3, -0.25) is 0 Å². The van der Waals surface area contributed by atoms with Crippen molar-refractivity contribution in [2.24, 2.45) is 4.99 Å². The second-order valence-electron chi connectivity index (χ2n) is 2.21. The summed E-state index contributed by atoms with van der Waals surface area (Å²) in [6.07, 6.45) is 3.23. The Morgan fingerprint density at radius 1 is 1.55 bits per heavy atom. The summed E-state index contributed by atoms with van der Waals surface area (Å²) in [7, 11) is 0. The number of aliphatic imine (C=N–C) groups is 1. The van der Waals surface area contributed by atoms with Crippen LogP contribution in [0.15, 0.2) is 17.3 Å². The van der Waals surface area contributed by atoms with Crippen molar-refractivity contribution in [3.05, 3.63) is 12.3 Å². The highest BCUT2D eigenvalue weighted by atomic mass is 16.5. The minimum absolute atomic E-state index is 0.498. The highest BCUT2D eigenvalue weighted by molar-refractivity contribution is 5.69. The molecule has 0 spiro atoms. The molecule has 4 nitrogen and oxygen atoms in total. The lowest BCUT2D eigenvalue weighted by Crippen LogP contribution is -2.04. The third kappa shape index (κ3) is 1.02. The molecule has 0 saturated heterocycles. The molecule has 1 aromatic heterocycles. The number of nitrogens with two attached hydrogens (primary N) is 1. The van der Waals surface area contributed by atoms with E-state index in [0.717, 1.165) is 0 Å². The van der Waals surface area contributed by atoms with Gasteiger partial charge < -0.3 is 10.5 Å². The summed E-state index contributed by atoms with van der Waals surface area (Å²) in [4.78, 5) is 7.99. The fourth-order valence-corrected chi connectivity index (χ4v) is 0.906. The summed E-state index contributed by atoms with van der Waals surface area (Å²) in [5, 5.41) is 0. The Bertz CT molecular complexity index is 309. The number of pyridine rings is 1. The number of hydrogen-bond donors (Lipinski definition) is 1. The second-order valence-corrected chi connectivity index (χ2v) is 2.21. The van der Waals surface area contributed by atoms with Crippen LogP contribution in [0.2, 0.25) is 0 Å². The number of aromatic nitrogens is 1. The van der Waals surface area contributed by atoms with Crippen molar-refractivity contribution < 1.29 is 4.74 Å². The summed E-state index contributed by atoms with van der Waals surface area (Å²) in [6.45, 7) is 0.498. The van der Waals surface area contributed by atoms with Gasteiger partial charge in [0.05, 0.1) is 11.9 Å². The number of anilines is 1. The molecule has 0 saturated carbocycles. The third-order valence-corrected chi connectivity index (χ3v) is 1.38. The molecular formula is C7H7N3O. The highest BCUT2D eigenvalue weighted by Crippen LogP contribution is 2.27. The maximum absolute atomic E-state index is 5.49. The zero-order chi connectivity index (χ0) is 7.68. The molecule has 2 rings (SSSR count). The molecule has 11 heavy (non-hydrogen) atoms. The molecule has 0 atom stereocenters. The van der Waals surface area contributed by atoms with E-state index in [2.05, 4.69) is 9.98 Å². The van der Waals surface area contributed by atoms with E-state index in [1.54, 1.807) is 18.5 Å². The van der Waals surface area contributed by atoms with Gasteiger partial charge in [-0.1, -0.05) is 0 Å². The number of rotatable bonds is 0. The quantitative estimate of drug-likeness (QED) is 0.592. The topological polar surface area (TPSA) is 60.5 Å². The van der Waals surface area contributed by atoms with Crippen molar-refractivity contribution in [2.75, 3.05) is 12.3 Å². The van der Waals surface area contributed by atoms with Gasteiger partial charge in [-0.15, -0.1) is 0 Å². The Balaban J connectivity index is 2.53. The Morgan fingerprint density at radius 3 is 3.36 bits per heavy atom. The van der Waals surface area contributed by atoms with Gasteiger partial charge in [0.15, 0.2) is 11.6 Å². The summed E-state index contributed by atoms with van der Waals surface area (Å²) in [5.74, 6) is 1.26. The van der Waals surface area contributed by atoms with Crippen LogP contribution in [0, 0.1) is 0 Å². The number of nitrogens with zero attached hydrogens (tertiary/aromatic N) is 2. The monoisotopic (exact) mass is 149 g/mol. The van der Waals surface area contributed by atoms with Crippen molar-refractivity contribution >= 4 is 17.7 Å². The van der Waals surface area contributed by atoms with Gasteiger partial charge in [-0.2, -0.15) is 0 Å². The average molecular weight is 149 g/mol. The first-order valence-electron chi connectivity index (χ1n) is 3.27. The second kappa shape index (κ2) is 2.23. The zero-order valence-corrected chi connectivity index (χ0v) is 5.82. The summed E-state index contributed by atoms with van der Waals surface area (Å²) in [6, 6.07) is 1.72. The van der Waals surface area contributed by atoms with Gasteiger partial charge in [0.1, 0.15) is 6.61 Å². The van der Waals surface area contributed by atoms with Gasteiger partial charge in [0.25, 0.3) is 0 Å². The molecule has 4 heteroatoms. The number of nitrogen functional groups attached to an aromatic ring is 1. The SMILES string of the molecule is Nc1cnc2c(c1)OCC=N2. The van der Waals surface area contributed by atoms with Crippen molar-refractivity contribution in [3.8, 4) is 5.75 Å². The van der Waals surface area contributed by atoms with E-state index < -0.39 is 0 Å². The zero-order valence-electron chi connectivity index (χ0n) is 5.82. The smallest absolute Gasteiger partial charge is 0.194 e. The molecule has 0 unspecified atom stereocenters. The van der Waals surface area contributed by atoms with Gasteiger partial charge in [-0.05, 0) is 0 Å². The van der Waals surface area contributed by atoms with Crippen molar-refractivity contribution in [1.29, 1.82) is 0 Å². The van der Waals surface area contributed by atoms with Crippen LogP contribution >= 0.6 is 0 Å². The molecule has 2 heterocycles. The summed E-state index contributed by atoms with van der Waals surface area (Å²) in [5.41, 5.74) is 6.09. The Morgan fingerprint density at radius 2 is 2.45 bits per heavy atom. The highest BCUT2D eigenvalue weighted by Gasteiger charge is 2.06. The van der Waals surface area contributed by atoms with Crippen LogP contribution < -0.4 is 10.5 Å². The normalized spacial score (nSPS) is 13.8. The maximum atomic E-state index is 5.49. The van der Waals surface area contributed by atoms with E-state index in [1.165, 1.54) is 0 Å². The van der Waals surface area contributed by atoms with E-state index in [0.29, 0.717) is 23.9 Å². The Kier molecular flexibility index (Phi) is 1.25. The minimum atomic E-state index is 0.498. The lowest BCUT2D eigenvalue weighted by molar-refractivity contribution is 0.375. The molecule has 56 valence electrons. The van der Waals surface area contributed by atoms with Crippen LogP contribution in [0.4, 0.5) is 11.5 Å².